The summed E-state index contributed by atoms with van der Waals surface area (Å²) in [7, 11) is 0. The van der Waals surface area contributed by atoms with Crippen molar-refractivity contribution in [1.29, 1.82) is 0 Å². The number of anilines is 2. The second-order valence-electron chi connectivity index (χ2n) is 8.17. The Morgan fingerprint density at radius 1 is 1.00 bits per heavy atom. The van der Waals surface area contributed by atoms with Crippen molar-refractivity contribution >= 4 is 17.4 Å². The highest BCUT2D eigenvalue weighted by molar-refractivity contribution is 5.92. The first-order chi connectivity index (χ1) is 15.1. The van der Waals surface area contributed by atoms with Crippen LogP contribution < -0.4 is 15.0 Å². The van der Waals surface area contributed by atoms with Crippen LogP contribution in [-0.2, 0) is 4.79 Å². The number of carbonyl (C=O) groups excluding carboxylic acids is 1. The molecular formula is C25H28N4O2. The minimum absolute atomic E-state index is 0.0347. The molecular weight excluding hydrogens is 388 g/mol. The standard InChI is InChI=1S/C25H28N4O2/c1-18-3-9-22(10-4-18)31-17-25(30)26-21-7-5-20(6-8-21)23-11-12-24(28-27-23)29-15-13-19(2)14-16-29/h3-12,19H,13-17H2,1-2H3,(H,26,30). The number of ether oxygens (including phenoxy) is 1. The molecule has 6 nitrogen and oxygen atoms in total. The molecule has 31 heavy (non-hydrogen) atoms. The van der Waals surface area contributed by atoms with Crippen molar-refractivity contribution in [2.45, 2.75) is 26.7 Å². The molecule has 1 aliphatic rings. The second kappa shape index (κ2) is 9.60. The summed E-state index contributed by atoms with van der Waals surface area (Å²) in [5, 5.41) is 11.7. The van der Waals surface area contributed by atoms with E-state index in [0.717, 1.165) is 41.6 Å². The fourth-order valence-electron chi connectivity index (χ4n) is 3.59. The minimum Gasteiger partial charge on any atom is -0.484 e. The molecule has 0 spiro atoms. The van der Waals surface area contributed by atoms with E-state index in [1.54, 1.807) is 0 Å². The van der Waals surface area contributed by atoms with Gasteiger partial charge < -0.3 is 15.0 Å². The molecule has 2 aromatic carbocycles. The Hall–Kier alpha value is -3.41. The molecule has 4 rings (SSSR count). The van der Waals surface area contributed by atoms with Gasteiger partial charge in [0.15, 0.2) is 12.4 Å². The third kappa shape index (κ3) is 5.60. The molecule has 0 atom stereocenters. The van der Waals surface area contributed by atoms with E-state index in [0.29, 0.717) is 11.4 Å². The Labute approximate surface area is 183 Å². The van der Waals surface area contributed by atoms with Crippen LogP contribution in [0.1, 0.15) is 25.3 Å². The predicted octanol–water partition coefficient (Wildman–Crippen LogP) is 4.71. The van der Waals surface area contributed by atoms with Crippen molar-refractivity contribution in [2.24, 2.45) is 5.92 Å². The van der Waals surface area contributed by atoms with Crippen LogP contribution in [0.25, 0.3) is 11.3 Å². The predicted molar refractivity (Wildman–Crippen MR) is 123 cm³/mol. The molecule has 1 N–H and O–H groups in total. The monoisotopic (exact) mass is 416 g/mol. The van der Waals surface area contributed by atoms with Crippen molar-refractivity contribution in [1.82, 2.24) is 10.2 Å². The van der Waals surface area contributed by atoms with Gasteiger partial charge in [0.1, 0.15) is 5.75 Å². The summed E-state index contributed by atoms with van der Waals surface area (Å²) in [5.74, 6) is 2.20. The number of hydrogen-bond acceptors (Lipinski definition) is 5. The van der Waals surface area contributed by atoms with Crippen molar-refractivity contribution < 1.29 is 9.53 Å². The van der Waals surface area contributed by atoms with Gasteiger partial charge in [0, 0.05) is 24.3 Å². The van der Waals surface area contributed by atoms with Crippen molar-refractivity contribution in [3.63, 3.8) is 0 Å². The van der Waals surface area contributed by atoms with E-state index in [1.807, 2.05) is 67.6 Å². The van der Waals surface area contributed by atoms with E-state index in [9.17, 15) is 4.79 Å². The third-order valence-electron chi connectivity index (χ3n) is 5.61. The quantitative estimate of drug-likeness (QED) is 0.631. The molecule has 3 aromatic rings. The molecule has 0 saturated carbocycles. The minimum atomic E-state index is -0.201. The second-order valence-corrected chi connectivity index (χ2v) is 8.17. The SMILES string of the molecule is Cc1ccc(OCC(=O)Nc2ccc(-c3ccc(N4CCC(C)CC4)nn3)cc2)cc1. The van der Waals surface area contributed by atoms with Gasteiger partial charge in [0.25, 0.3) is 5.91 Å². The van der Waals surface area contributed by atoms with Crippen molar-refractivity contribution in [3.8, 4) is 17.0 Å². The van der Waals surface area contributed by atoms with Crippen molar-refractivity contribution in [3.05, 3.63) is 66.2 Å². The first-order valence-electron chi connectivity index (χ1n) is 10.8. The van der Waals surface area contributed by atoms with E-state index in [-0.39, 0.29) is 12.5 Å². The maximum Gasteiger partial charge on any atom is 0.262 e. The van der Waals surface area contributed by atoms with Crippen LogP contribution in [0.5, 0.6) is 5.75 Å². The van der Waals surface area contributed by atoms with Gasteiger partial charge in [-0.2, -0.15) is 0 Å². The lowest BCUT2D eigenvalue weighted by Gasteiger charge is -2.30. The Morgan fingerprint density at radius 3 is 2.35 bits per heavy atom. The molecule has 0 aliphatic carbocycles. The van der Waals surface area contributed by atoms with Crippen LogP contribution in [0.2, 0.25) is 0 Å². The summed E-state index contributed by atoms with van der Waals surface area (Å²) in [6.07, 6.45) is 2.40. The number of aromatic nitrogens is 2. The first kappa shape index (κ1) is 20.8. The zero-order chi connectivity index (χ0) is 21.6. The largest absolute Gasteiger partial charge is 0.484 e. The number of nitrogens with one attached hydrogen (secondary N) is 1. The Bertz CT molecular complexity index is 993. The highest BCUT2D eigenvalue weighted by Gasteiger charge is 2.17. The molecule has 1 amide bonds. The number of rotatable bonds is 6. The zero-order valence-corrected chi connectivity index (χ0v) is 18.0. The molecule has 0 bridgehead atoms. The lowest BCUT2D eigenvalue weighted by molar-refractivity contribution is -0.118. The smallest absolute Gasteiger partial charge is 0.262 e. The molecule has 0 unspecified atom stereocenters. The molecule has 6 heteroatoms. The van der Waals surface area contributed by atoms with Crippen LogP contribution in [-0.4, -0.2) is 35.8 Å². The summed E-state index contributed by atoms with van der Waals surface area (Å²) in [6, 6.07) is 19.3. The maximum atomic E-state index is 12.2. The Kier molecular flexibility index (Phi) is 6.46. The number of amides is 1. The molecule has 1 aliphatic heterocycles. The molecule has 2 heterocycles. The van der Waals surface area contributed by atoms with E-state index in [1.165, 1.54) is 12.8 Å². The van der Waals surface area contributed by atoms with E-state index >= 15 is 0 Å². The number of aryl methyl sites for hydroxylation is 1. The summed E-state index contributed by atoms with van der Waals surface area (Å²) >= 11 is 0. The highest BCUT2D eigenvalue weighted by Crippen LogP contribution is 2.24. The van der Waals surface area contributed by atoms with E-state index in [4.69, 9.17) is 4.74 Å². The topological polar surface area (TPSA) is 67.3 Å². The average molecular weight is 417 g/mol. The molecule has 160 valence electrons. The Morgan fingerprint density at radius 2 is 1.71 bits per heavy atom. The van der Waals surface area contributed by atoms with E-state index < -0.39 is 0 Å². The fraction of sp³-hybridized carbons (Fsp3) is 0.320. The van der Waals surface area contributed by atoms with Crippen molar-refractivity contribution in [2.75, 3.05) is 29.9 Å². The van der Waals surface area contributed by atoms with Gasteiger partial charge in [0.05, 0.1) is 5.69 Å². The van der Waals surface area contributed by atoms with Gasteiger partial charge in [-0.15, -0.1) is 10.2 Å². The van der Waals surface area contributed by atoms with Gasteiger partial charge in [0.2, 0.25) is 0 Å². The molecule has 1 saturated heterocycles. The van der Waals surface area contributed by atoms with Gasteiger partial charge in [-0.05, 0) is 62.1 Å². The highest BCUT2D eigenvalue weighted by atomic mass is 16.5. The zero-order valence-electron chi connectivity index (χ0n) is 18.0. The fourth-order valence-corrected chi connectivity index (χ4v) is 3.59. The Balaban J connectivity index is 1.31. The average Bonchev–Trinajstić information content (AvgIpc) is 2.80. The lowest BCUT2D eigenvalue weighted by atomic mass is 9.99. The van der Waals surface area contributed by atoms with Gasteiger partial charge in [-0.1, -0.05) is 36.8 Å². The molecule has 0 radical (unpaired) electrons. The molecule has 1 fully saturated rings. The number of carbonyl (C=O) groups is 1. The van der Waals surface area contributed by atoms with Gasteiger partial charge in [-0.25, -0.2) is 0 Å². The third-order valence-corrected chi connectivity index (χ3v) is 5.61. The number of hydrogen-bond donors (Lipinski definition) is 1. The number of benzene rings is 2. The van der Waals surface area contributed by atoms with Crippen LogP contribution in [0.4, 0.5) is 11.5 Å². The van der Waals surface area contributed by atoms with Crippen LogP contribution in [0.15, 0.2) is 60.7 Å². The van der Waals surface area contributed by atoms with Crippen LogP contribution >= 0.6 is 0 Å². The summed E-state index contributed by atoms with van der Waals surface area (Å²) in [4.78, 5) is 14.5. The lowest BCUT2D eigenvalue weighted by Crippen LogP contribution is -2.33. The van der Waals surface area contributed by atoms with E-state index in [2.05, 4.69) is 27.3 Å². The molecule has 1 aromatic heterocycles. The number of nitrogens with zero attached hydrogens (tertiary/aromatic N) is 3. The van der Waals surface area contributed by atoms with Crippen LogP contribution in [0.3, 0.4) is 0 Å². The summed E-state index contributed by atoms with van der Waals surface area (Å²) in [6.45, 7) is 6.35. The normalized spacial score (nSPS) is 14.3. The van der Waals surface area contributed by atoms with Crippen LogP contribution in [0, 0.1) is 12.8 Å². The summed E-state index contributed by atoms with van der Waals surface area (Å²) in [5.41, 5.74) is 3.64. The first-order valence-corrected chi connectivity index (χ1v) is 10.8. The maximum absolute atomic E-state index is 12.2. The summed E-state index contributed by atoms with van der Waals surface area (Å²) < 4.78 is 5.52. The number of piperidine rings is 1. The van der Waals surface area contributed by atoms with Gasteiger partial charge in [-0.3, -0.25) is 4.79 Å². The van der Waals surface area contributed by atoms with Gasteiger partial charge >= 0.3 is 0 Å².